The van der Waals surface area contributed by atoms with Crippen LogP contribution >= 0.6 is 15.9 Å². The van der Waals surface area contributed by atoms with Gasteiger partial charge in [0.2, 0.25) is 0 Å². The van der Waals surface area contributed by atoms with Gasteiger partial charge in [-0.05, 0) is 30.9 Å². The molecule has 0 aliphatic carbocycles. The molecule has 8 heteroatoms. The maximum atomic E-state index is 13.4. The first-order valence-electron chi connectivity index (χ1n) is 6.49. The van der Waals surface area contributed by atoms with Gasteiger partial charge in [0.25, 0.3) is 0 Å². The average molecular weight is 359 g/mol. The monoisotopic (exact) mass is 358 g/mol. The predicted molar refractivity (Wildman–Crippen MR) is 82.9 cm³/mol. The molecular weight excluding hydrogens is 343 g/mol. The number of halogens is 2. The van der Waals surface area contributed by atoms with Gasteiger partial charge in [-0.15, -0.1) is 0 Å². The summed E-state index contributed by atoms with van der Waals surface area (Å²) in [5.41, 5.74) is 8.74. The summed E-state index contributed by atoms with van der Waals surface area (Å²) in [4.78, 5) is 12.2. The van der Waals surface area contributed by atoms with Gasteiger partial charge in [0.05, 0.1) is 11.4 Å². The second-order valence-electron chi connectivity index (χ2n) is 4.85. The van der Waals surface area contributed by atoms with Crippen molar-refractivity contribution in [2.45, 2.75) is 12.8 Å². The van der Waals surface area contributed by atoms with E-state index in [-0.39, 0.29) is 11.6 Å². The van der Waals surface area contributed by atoms with Crippen LogP contribution in [0.2, 0.25) is 0 Å². The van der Waals surface area contributed by atoms with Crippen molar-refractivity contribution in [2.24, 2.45) is 11.0 Å². The summed E-state index contributed by atoms with van der Waals surface area (Å²) in [6, 6.07) is 2.93. The van der Waals surface area contributed by atoms with Crippen molar-refractivity contribution in [3.8, 4) is 0 Å². The summed E-state index contributed by atoms with van der Waals surface area (Å²) < 4.78 is 14.0. The Morgan fingerprint density at radius 1 is 1.52 bits per heavy atom. The van der Waals surface area contributed by atoms with E-state index in [0.717, 1.165) is 12.8 Å². The fourth-order valence-corrected chi connectivity index (χ4v) is 2.56. The zero-order valence-corrected chi connectivity index (χ0v) is 12.8. The second-order valence-corrected chi connectivity index (χ2v) is 5.76. The van der Waals surface area contributed by atoms with Gasteiger partial charge in [0, 0.05) is 23.8 Å². The fourth-order valence-electron chi connectivity index (χ4n) is 2.13. The number of benzene rings is 1. The number of nitrogens with one attached hydrogen (secondary N) is 1. The van der Waals surface area contributed by atoms with E-state index >= 15 is 0 Å². The van der Waals surface area contributed by atoms with Gasteiger partial charge in [0.1, 0.15) is 5.82 Å². The van der Waals surface area contributed by atoms with Gasteiger partial charge in [-0.25, -0.2) is 9.18 Å². The molecule has 1 aromatic carbocycles. The zero-order chi connectivity index (χ0) is 15.4. The molecule has 21 heavy (non-hydrogen) atoms. The Kier molecular flexibility index (Phi) is 5.00. The highest BCUT2D eigenvalue weighted by Gasteiger charge is 2.20. The molecule has 0 saturated carbocycles. The van der Waals surface area contributed by atoms with E-state index in [4.69, 9.17) is 10.8 Å². The lowest BCUT2D eigenvalue weighted by molar-refractivity contribution is 0.131. The number of anilines is 2. The van der Waals surface area contributed by atoms with E-state index < -0.39 is 11.9 Å². The minimum atomic E-state index is -0.888. The molecule has 1 aliphatic rings. The van der Waals surface area contributed by atoms with Crippen molar-refractivity contribution in [3.05, 3.63) is 22.4 Å². The number of nitrogens with zero attached hydrogens (tertiary/aromatic N) is 2. The van der Waals surface area contributed by atoms with Crippen LogP contribution in [0.4, 0.5) is 20.6 Å². The minimum absolute atomic E-state index is 0.0102. The molecule has 1 aliphatic heterocycles. The molecule has 0 unspecified atom stereocenters. The molecule has 2 rings (SSSR count). The Hall–Kier alpha value is -1.83. The molecule has 1 aromatic rings. The number of piperidine rings is 1. The third-order valence-electron chi connectivity index (χ3n) is 3.37. The first kappa shape index (κ1) is 15.6. The largest absolute Gasteiger partial charge is 0.465 e. The van der Waals surface area contributed by atoms with E-state index in [1.54, 1.807) is 12.3 Å². The molecule has 0 atom stereocenters. The lowest BCUT2D eigenvalue weighted by Gasteiger charge is -2.27. The number of likely N-dealkylation sites (tertiary alicyclic amines) is 1. The molecule has 114 valence electrons. The number of rotatable bonds is 3. The van der Waals surface area contributed by atoms with Crippen molar-refractivity contribution in [1.82, 2.24) is 4.90 Å². The van der Waals surface area contributed by atoms with Gasteiger partial charge in [0.15, 0.2) is 0 Å². The molecule has 1 heterocycles. The van der Waals surface area contributed by atoms with Crippen molar-refractivity contribution < 1.29 is 14.3 Å². The van der Waals surface area contributed by atoms with E-state index in [1.807, 2.05) is 0 Å². The van der Waals surface area contributed by atoms with Gasteiger partial charge >= 0.3 is 6.09 Å². The summed E-state index contributed by atoms with van der Waals surface area (Å²) in [5, 5.41) is 12.9. The SMILES string of the molecule is Nc1c(F)cc(Br)cc1N/N=C/C1CCN(C(=O)O)CC1. The van der Waals surface area contributed by atoms with Crippen molar-refractivity contribution in [2.75, 3.05) is 24.2 Å². The number of carbonyl (C=O) groups is 1. The number of carboxylic acid groups (broad SMARTS) is 1. The Bertz CT molecular complexity index is 559. The Morgan fingerprint density at radius 2 is 2.19 bits per heavy atom. The standard InChI is InChI=1S/C13H16BrFN4O2/c14-9-5-10(15)12(16)11(6-9)18-17-7-8-1-3-19(4-2-8)13(20)21/h5-8,18H,1-4,16H2,(H,20,21)/b17-7+. The predicted octanol–water partition coefficient (Wildman–Crippen LogP) is 2.96. The van der Waals surface area contributed by atoms with Gasteiger partial charge in [-0.1, -0.05) is 15.9 Å². The first-order chi connectivity index (χ1) is 9.97. The molecule has 1 saturated heterocycles. The number of hydrogen-bond acceptors (Lipinski definition) is 4. The van der Waals surface area contributed by atoms with E-state index in [9.17, 15) is 9.18 Å². The highest BCUT2D eigenvalue weighted by molar-refractivity contribution is 9.10. The van der Waals surface area contributed by atoms with Crippen LogP contribution in [0.3, 0.4) is 0 Å². The molecule has 0 bridgehead atoms. The van der Waals surface area contributed by atoms with Crippen LogP contribution in [0, 0.1) is 11.7 Å². The quantitative estimate of drug-likeness (QED) is 0.440. The Morgan fingerprint density at radius 3 is 2.81 bits per heavy atom. The topological polar surface area (TPSA) is 91.0 Å². The average Bonchev–Trinajstić information content (AvgIpc) is 2.44. The van der Waals surface area contributed by atoms with Gasteiger partial charge in [-0.2, -0.15) is 5.10 Å². The van der Waals surface area contributed by atoms with Crippen LogP contribution in [0.5, 0.6) is 0 Å². The summed E-state index contributed by atoms with van der Waals surface area (Å²) >= 11 is 3.19. The number of nitrogens with two attached hydrogens (primary N) is 1. The molecule has 0 spiro atoms. The van der Waals surface area contributed by atoms with E-state index in [0.29, 0.717) is 23.2 Å². The smallest absolute Gasteiger partial charge is 0.407 e. The summed E-state index contributed by atoms with van der Waals surface area (Å²) in [5.74, 6) is -0.317. The van der Waals surface area contributed by atoms with Crippen molar-refractivity contribution in [1.29, 1.82) is 0 Å². The summed E-state index contributed by atoms with van der Waals surface area (Å²) in [6.45, 7) is 0.999. The number of hydrazone groups is 1. The van der Waals surface area contributed by atoms with Crippen LogP contribution in [-0.4, -0.2) is 35.4 Å². The number of nitrogen functional groups attached to an aromatic ring is 1. The maximum Gasteiger partial charge on any atom is 0.407 e. The van der Waals surface area contributed by atoms with Crippen molar-refractivity contribution >= 4 is 39.6 Å². The highest BCUT2D eigenvalue weighted by atomic mass is 79.9. The van der Waals surface area contributed by atoms with Crippen LogP contribution in [-0.2, 0) is 0 Å². The summed E-state index contributed by atoms with van der Waals surface area (Å²) in [7, 11) is 0. The van der Waals surface area contributed by atoms with Gasteiger partial charge in [-0.3, -0.25) is 5.43 Å². The molecular formula is C13H16BrFN4O2. The lowest BCUT2D eigenvalue weighted by Crippen LogP contribution is -2.37. The third-order valence-corrected chi connectivity index (χ3v) is 3.83. The van der Waals surface area contributed by atoms with Crippen LogP contribution in [0.1, 0.15) is 12.8 Å². The van der Waals surface area contributed by atoms with Crippen LogP contribution in [0.15, 0.2) is 21.7 Å². The minimum Gasteiger partial charge on any atom is -0.465 e. The Labute approximate surface area is 129 Å². The molecule has 0 aromatic heterocycles. The maximum absolute atomic E-state index is 13.4. The second kappa shape index (κ2) is 6.75. The lowest BCUT2D eigenvalue weighted by atomic mass is 9.99. The van der Waals surface area contributed by atoms with E-state index in [2.05, 4.69) is 26.5 Å². The van der Waals surface area contributed by atoms with Crippen molar-refractivity contribution in [3.63, 3.8) is 0 Å². The fraction of sp³-hybridized carbons (Fsp3) is 0.385. The molecule has 1 amide bonds. The summed E-state index contributed by atoms with van der Waals surface area (Å²) in [6.07, 6.45) is 2.28. The van der Waals surface area contributed by atoms with E-state index in [1.165, 1.54) is 11.0 Å². The van der Waals surface area contributed by atoms with Gasteiger partial charge < -0.3 is 15.7 Å². The van der Waals surface area contributed by atoms with Crippen LogP contribution < -0.4 is 11.2 Å². The molecule has 6 nitrogen and oxygen atoms in total. The number of amides is 1. The third kappa shape index (κ3) is 4.07. The normalized spacial score (nSPS) is 16.4. The highest BCUT2D eigenvalue weighted by Crippen LogP contribution is 2.27. The molecule has 1 fully saturated rings. The zero-order valence-electron chi connectivity index (χ0n) is 11.2. The number of hydrogen-bond donors (Lipinski definition) is 3. The molecule has 0 radical (unpaired) electrons. The molecule has 4 N–H and O–H groups in total. The Balaban J connectivity index is 1.91. The first-order valence-corrected chi connectivity index (χ1v) is 7.28. The van der Waals surface area contributed by atoms with Crippen LogP contribution in [0.25, 0.3) is 0 Å².